The molecule has 9 heteroatoms. The maximum absolute atomic E-state index is 13.4. The summed E-state index contributed by atoms with van der Waals surface area (Å²) >= 11 is 1.48. The SMILES string of the molecule is COc1ccc(CNC(=O)CN2C(=O)/C(=C\c3ccc(C(F)(F)F)cc3)SC3CCCCC32)cc1. The van der Waals surface area contributed by atoms with E-state index < -0.39 is 11.7 Å². The third-order valence-electron chi connectivity index (χ3n) is 6.32. The number of carbonyl (C=O) groups is 2. The number of hydrogen-bond acceptors (Lipinski definition) is 4. The molecule has 1 heterocycles. The number of rotatable bonds is 6. The lowest BCUT2D eigenvalue weighted by Gasteiger charge is -2.43. The fraction of sp³-hybridized carbons (Fsp3) is 0.385. The summed E-state index contributed by atoms with van der Waals surface area (Å²) in [6.45, 7) is 0.281. The molecule has 1 N–H and O–H groups in total. The van der Waals surface area contributed by atoms with E-state index in [2.05, 4.69) is 5.32 Å². The summed E-state index contributed by atoms with van der Waals surface area (Å²) in [4.78, 5) is 28.2. The monoisotopic (exact) mass is 504 g/mol. The van der Waals surface area contributed by atoms with E-state index in [1.807, 2.05) is 24.3 Å². The summed E-state index contributed by atoms with van der Waals surface area (Å²) in [7, 11) is 1.59. The summed E-state index contributed by atoms with van der Waals surface area (Å²) in [6.07, 6.45) is 1.02. The predicted molar refractivity (Wildman–Crippen MR) is 130 cm³/mol. The van der Waals surface area contributed by atoms with Crippen molar-refractivity contribution in [3.63, 3.8) is 0 Å². The van der Waals surface area contributed by atoms with Crippen molar-refractivity contribution >= 4 is 29.7 Å². The zero-order chi connectivity index (χ0) is 25.0. The molecule has 5 nitrogen and oxygen atoms in total. The third kappa shape index (κ3) is 6.20. The summed E-state index contributed by atoms with van der Waals surface area (Å²) in [5, 5.41) is 3.04. The zero-order valence-corrected chi connectivity index (χ0v) is 20.1. The number of benzene rings is 2. The van der Waals surface area contributed by atoms with Gasteiger partial charge >= 0.3 is 6.18 Å². The van der Waals surface area contributed by atoms with Gasteiger partial charge in [0.05, 0.1) is 17.6 Å². The number of ether oxygens (including phenoxy) is 1. The van der Waals surface area contributed by atoms with Crippen LogP contribution >= 0.6 is 11.8 Å². The normalized spacial score (nSPS) is 21.5. The highest BCUT2D eigenvalue weighted by molar-refractivity contribution is 8.04. The molecule has 2 amide bonds. The van der Waals surface area contributed by atoms with E-state index in [1.165, 1.54) is 23.9 Å². The van der Waals surface area contributed by atoms with E-state index in [-0.39, 0.29) is 29.7 Å². The summed E-state index contributed by atoms with van der Waals surface area (Å²) in [5.74, 6) is 0.226. The number of nitrogens with one attached hydrogen (secondary N) is 1. The number of carbonyl (C=O) groups excluding carboxylic acids is 2. The molecule has 4 rings (SSSR count). The van der Waals surface area contributed by atoms with Gasteiger partial charge in [0.25, 0.3) is 5.91 Å². The predicted octanol–water partition coefficient (Wildman–Crippen LogP) is 5.26. The van der Waals surface area contributed by atoms with Gasteiger partial charge in [-0.15, -0.1) is 11.8 Å². The van der Waals surface area contributed by atoms with Crippen LogP contribution in [0.2, 0.25) is 0 Å². The Hall–Kier alpha value is -2.94. The summed E-state index contributed by atoms with van der Waals surface area (Å²) < 4.78 is 43.8. The molecule has 1 aliphatic carbocycles. The van der Waals surface area contributed by atoms with Crippen molar-refractivity contribution in [3.05, 3.63) is 70.1 Å². The Labute approximate surface area is 206 Å². The number of alkyl halides is 3. The molecule has 0 spiro atoms. The molecule has 2 fully saturated rings. The number of fused-ring (bicyclic) bond motifs is 1. The lowest BCUT2D eigenvalue weighted by atomic mass is 9.93. The van der Waals surface area contributed by atoms with E-state index in [9.17, 15) is 22.8 Å². The first kappa shape index (κ1) is 25.2. The quantitative estimate of drug-likeness (QED) is 0.546. The first-order valence-corrected chi connectivity index (χ1v) is 12.4. The van der Waals surface area contributed by atoms with Crippen LogP contribution in [0.4, 0.5) is 13.2 Å². The highest BCUT2D eigenvalue weighted by Crippen LogP contribution is 2.42. The highest BCUT2D eigenvalue weighted by Gasteiger charge is 2.41. The van der Waals surface area contributed by atoms with Crippen molar-refractivity contribution in [2.45, 2.75) is 49.7 Å². The Balaban J connectivity index is 1.47. The van der Waals surface area contributed by atoms with Gasteiger partial charge in [-0.05, 0) is 54.3 Å². The van der Waals surface area contributed by atoms with Crippen LogP contribution in [-0.4, -0.2) is 41.7 Å². The number of methoxy groups -OCH3 is 1. The van der Waals surface area contributed by atoms with Gasteiger partial charge in [0.1, 0.15) is 12.3 Å². The molecular weight excluding hydrogens is 477 g/mol. The van der Waals surface area contributed by atoms with E-state index in [0.717, 1.165) is 49.1 Å². The van der Waals surface area contributed by atoms with Gasteiger partial charge in [0.15, 0.2) is 0 Å². The molecule has 35 heavy (non-hydrogen) atoms. The van der Waals surface area contributed by atoms with Crippen LogP contribution < -0.4 is 10.1 Å². The van der Waals surface area contributed by atoms with Crippen LogP contribution in [0.1, 0.15) is 42.4 Å². The van der Waals surface area contributed by atoms with Crippen molar-refractivity contribution in [1.29, 1.82) is 0 Å². The van der Waals surface area contributed by atoms with E-state index in [0.29, 0.717) is 17.0 Å². The molecule has 1 saturated carbocycles. The Bertz CT molecular complexity index is 1080. The number of nitrogens with zero attached hydrogens (tertiary/aromatic N) is 1. The lowest BCUT2D eigenvalue weighted by Crippen LogP contribution is -2.54. The van der Waals surface area contributed by atoms with E-state index >= 15 is 0 Å². The first-order valence-electron chi connectivity index (χ1n) is 11.5. The van der Waals surface area contributed by atoms with Crippen molar-refractivity contribution in [3.8, 4) is 5.75 Å². The summed E-state index contributed by atoms with van der Waals surface area (Å²) in [5.41, 5.74) is 0.704. The minimum Gasteiger partial charge on any atom is -0.497 e. The van der Waals surface area contributed by atoms with Crippen LogP contribution in [0, 0.1) is 0 Å². The van der Waals surface area contributed by atoms with Crippen LogP contribution in [0.15, 0.2) is 53.4 Å². The van der Waals surface area contributed by atoms with Crippen molar-refractivity contribution in [2.24, 2.45) is 0 Å². The average Bonchev–Trinajstić information content (AvgIpc) is 2.85. The molecule has 0 radical (unpaired) electrons. The second kappa shape index (κ2) is 10.8. The fourth-order valence-corrected chi connectivity index (χ4v) is 5.91. The maximum Gasteiger partial charge on any atom is 0.416 e. The Morgan fingerprint density at radius 3 is 2.46 bits per heavy atom. The molecule has 2 unspecified atom stereocenters. The van der Waals surface area contributed by atoms with Gasteiger partial charge in [0.2, 0.25) is 5.91 Å². The second-order valence-corrected chi connectivity index (χ2v) is 9.98. The molecule has 2 aromatic carbocycles. The Morgan fingerprint density at radius 1 is 1.11 bits per heavy atom. The minimum atomic E-state index is -4.41. The molecule has 2 atom stereocenters. The molecule has 0 aromatic heterocycles. The van der Waals surface area contributed by atoms with Crippen molar-refractivity contribution < 1.29 is 27.5 Å². The largest absolute Gasteiger partial charge is 0.497 e. The van der Waals surface area contributed by atoms with Crippen LogP contribution in [0.25, 0.3) is 6.08 Å². The number of hydrogen-bond donors (Lipinski definition) is 1. The first-order chi connectivity index (χ1) is 16.7. The standard InChI is InChI=1S/C26H27F3N2O3S/c1-34-20-12-8-18(9-13-20)15-30-24(32)16-31-21-4-2-3-5-22(21)35-23(25(31)33)14-17-6-10-19(11-7-17)26(27,28)29/h6-14,21-22H,2-5,15-16H2,1H3,(H,30,32)/b23-14+. The zero-order valence-electron chi connectivity index (χ0n) is 19.3. The van der Waals surface area contributed by atoms with Crippen LogP contribution in [-0.2, 0) is 22.3 Å². The van der Waals surface area contributed by atoms with Crippen LogP contribution in [0.3, 0.4) is 0 Å². The van der Waals surface area contributed by atoms with Gasteiger partial charge in [0, 0.05) is 17.8 Å². The van der Waals surface area contributed by atoms with Gasteiger partial charge in [-0.2, -0.15) is 13.2 Å². The Kier molecular flexibility index (Phi) is 7.74. The number of halogens is 3. The van der Waals surface area contributed by atoms with E-state index in [4.69, 9.17) is 4.74 Å². The lowest BCUT2D eigenvalue weighted by molar-refractivity contribution is -0.137. The summed E-state index contributed by atoms with van der Waals surface area (Å²) in [6, 6.07) is 12.1. The van der Waals surface area contributed by atoms with Crippen molar-refractivity contribution in [1.82, 2.24) is 10.2 Å². The number of amides is 2. The molecular formula is C26H27F3N2O3S. The number of thioether (sulfide) groups is 1. The average molecular weight is 505 g/mol. The molecule has 1 saturated heterocycles. The highest BCUT2D eigenvalue weighted by atomic mass is 32.2. The smallest absolute Gasteiger partial charge is 0.416 e. The van der Waals surface area contributed by atoms with Gasteiger partial charge in [-0.3, -0.25) is 9.59 Å². The maximum atomic E-state index is 13.4. The van der Waals surface area contributed by atoms with Gasteiger partial charge < -0.3 is 15.0 Å². The van der Waals surface area contributed by atoms with Gasteiger partial charge in [-0.1, -0.05) is 37.1 Å². The molecule has 186 valence electrons. The van der Waals surface area contributed by atoms with Gasteiger partial charge in [-0.25, -0.2) is 0 Å². The molecule has 2 aliphatic rings. The molecule has 1 aliphatic heterocycles. The topological polar surface area (TPSA) is 58.6 Å². The van der Waals surface area contributed by atoms with E-state index in [1.54, 1.807) is 18.1 Å². The van der Waals surface area contributed by atoms with Crippen LogP contribution in [0.5, 0.6) is 5.75 Å². The fourth-order valence-electron chi connectivity index (χ4n) is 4.44. The Morgan fingerprint density at radius 2 is 1.80 bits per heavy atom. The van der Waals surface area contributed by atoms with Crippen molar-refractivity contribution in [2.75, 3.05) is 13.7 Å². The molecule has 2 aromatic rings. The molecule has 0 bridgehead atoms. The minimum absolute atomic E-state index is 0.0299. The third-order valence-corrected chi connectivity index (χ3v) is 7.72. The second-order valence-electron chi connectivity index (χ2n) is 8.69.